The second kappa shape index (κ2) is 6.19. The highest BCUT2D eigenvalue weighted by Gasteiger charge is 2.18. The van der Waals surface area contributed by atoms with E-state index in [-0.39, 0.29) is 12.4 Å². The van der Waals surface area contributed by atoms with Crippen molar-refractivity contribution in [1.29, 1.82) is 0 Å². The smallest absolute Gasteiger partial charge is 0.338 e. The predicted molar refractivity (Wildman–Crippen MR) is 67.6 cm³/mol. The third kappa shape index (κ3) is 3.09. The van der Waals surface area contributed by atoms with Crippen LogP contribution in [0.15, 0.2) is 12.1 Å². The van der Waals surface area contributed by atoms with Crippen LogP contribution in [-0.2, 0) is 20.7 Å². The molecular weight excluding hydrogens is 232 g/mol. The number of hydrogen-bond donors (Lipinski definition) is 0. The lowest BCUT2D eigenvalue weighted by Gasteiger charge is -2.13. The quantitative estimate of drug-likeness (QED) is 0.769. The molecule has 0 spiro atoms. The van der Waals surface area contributed by atoms with E-state index in [1.54, 1.807) is 13.0 Å². The van der Waals surface area contributed by atoms with Gasteiger partial charge in [-0.3, -0.25) is 4.79 Å². The van der Waals surface area contributed by atoms with Gasteiger partial charge >= 0.3 is 11.9 Å². The number of esters is 2. The lowest BCUT2D eigenvalue weighted by atomic mass is 9.95. The van der Waals surface area contributed by atoms with Crippen molar-refractivity contribution in [2.75, 3.05) is 13.7 Å². The lowest BCUT2D eigenvalue weighted by Crippen LogP contribution is -2.14. The molecule has 0 bridgehead atoms. The van der Waals surface area contributed by atoms with Crippen LogP contribution in [0.3, 0.4) is 0 Å². The number of benzene rings is 1. The van der Waals surface area contributed by atoms with Gasteiger partial charge in [-0.25, -0.2) is 4.79 Å². The van der Waals surface area contributed by atoms with Gasteiger partial charge in [-0.05, 0) is 43.5 Å². The van der Waals surface area contributed by atoms with E-state index in [1.165, 1.54) is 7.11 Å². The molecule has 0 aromatic heterocycles. The van der Waals surface area contributed by atoms with Gasteiger partial charge in [0.15, 0.2) is 0 Å². The van der Waals surface area contributed by atoms with Crippen molar-refractivity contribution >= 4 is 11.9 Å². The summed E-state index contributed by atoms with van der Waals surface area (Å²) < 4.78 is 9.64. The van der Waals surface area contributed by atoms with E-state index in [0.717, 1.165) is 11.1 Å². The van der Waals surface area contributed by atoms with E-state index < -0.39 is 5.97 Å². The third-order valence-corrected chi connectivity index (χ3v) is 2.91. The van der Waals surface area contributed by atoms with Crippen molar-refractivity contribution in [2.24, 2.45) is 0 Å². The van der Waals surface area contributed by atoms with E-state index in [9.17, 15) is 9.59 Å². The summed E-state index contributed by atoms with van der Waals surface area (Å²) in [6.07, 6.45) is 0.0815. The van der Waals surface area contributed by atoms with E-state index in [0.29, 0.717) is 17.7 Å². The molecule has 0 aliphatic heterocycles. The first kappa shape index (κ1) is 14.2. The van der Waals surface area contributed by atoms with Crippen molar-refractivity contribution in [3.63, 3.8) is 0 Å². The first-order chi connectivity index (χ1) is 8.51. The second-order valence-corrected chi connectivity index (χ2v) is 4.01. The molecule has 4 nitrogen and oxygen atoms in total. The van der Waals surface area contributed by atoms with E-state index in [1.807, 2.05) is 19.9 Å². The molecule has 0 unspecified atom stereocenters. The highest BCUT2D eigenvalue weighted by Crippen LogP contribution is 2.20. The maximum absolute atomic E-state index is 11.8. The summed E-state index contributed by atoms with van der Waals surface area (Å²) in [5.41, 5.74) is 3.07. The van der Waals surface area contributed by atoms with Gasteiger partial charge in [-0.2, -0.15) is 0 Å². The highest BCUT2D eigenvalue weighted by atomic mass is 16.5. The summed E-state index contributed by atoms with van der Waals surface area (Å²) in [6.45, 7) is 5.88. The van der Waals surface area contributed by atoms with Gasteiger partial charge < -0.3 is 9.47 Å². The zero-order chi connectivity index (χ0) is 13.7. The van der Waals surface area contributed by atoms with Gasteiger partial charge in [0.1, 0.15) is 0 Å². The Morgan fingerprint density at radius 1 is 1.22 bits per heavy atom. The van der Waals surface area contributed by atoms with Gasteiger partial charge in [0.25, 0.3) is 0 Å². The summed E-state index contributed by atoms with van der Waals surface area (Å²) in [5, 5.41) is 0. The Morgan fingerprint density at radius 3 is 2.44 bits per heavy atom. The van der Waals surface area contributed by atoms with E-state index >= 15 is 0 Å². The fraction of sp³-hybridized carbons (Fsp3) is 0.429. The molecule has 1 rings (SSSR count). The summed E-state index contributed by atoms with van der Waals surface area (Å²) in [4.78, 5) is 23.2. The lowest BCUT2D eigenvalue weighted by molar-refractivity contribution is -0.139. The Kier molecular flexibility index (Phi) is 4.89. The van der Waals surface area contributed by atoms with Gasteiger partial charge in [-0.15, -0.1) is 0 Å². The third-order valence-electron chi connectivity index (χ3n) is 2.91. The van der Waals surface area contributed by atoms with Crippen LogP contribution in [0, 0.1) is 13.8 Å². The Morgan fingerprint density at radius 2 is 1.89 bits per heavy atom. The van der Waals surface area contributed by atoms with Crippen molar-refractivity contribution in [3.05, 3.63) is 34.4 Å². The average molecular weight is 250 g/mol. The van der Waals surface area contributed by atoms with Crippen LogP contribution in [0.4, 0.5) is 0 Å². The predicted octanol–water partition coefficient (Wildman–Crippen LogP) is 2.20. The van der Waals surface area contributed by atoms with Crippen LogP contribution in [0.5, 0.6) is 0 Å². The standard InChI is InChI=1S/C14H18O4/c1-5-18-14(16)11-7-6-9(2)10(3)12(11)8-13(15)17-4/h6-7H,5,8H2,1-4H3. The second-order valence-electron chi connectivity index (χ2n) is 4.01. The first-order valence-electron chi connectivity index (χ1n) is 5.84. The van der Waals surface area contributed by atoms with Crippen LogP contribution >= 0.6 is 0 Å². The molecule has 0 radical (unpaired) electrons. The minimum absolute atomic E-state index is 0.0815. The van der Waals surface area contributed by atoms with Crippen molar-refractivity contribution in [1.82, 2.24) is 0 Å². The molecule has 0 amide bonds. The molecule has 1 aromatic rings. The summed E-state index contributed by atoms with van der Waals surface area (Å²) in [6, 6.07) is 3.54. The van der Waals surface area contributed by atoms with Crippen LogP contribution in [0.25, 0.3) is 0 Å². The van der Waals surface area contributed by atoms with Crippen LogP contribution < -0.4 is 0 Å². The molecule has 98 valence electrons. The molecule has 1 aromatic carbocycles. The molecule has 18 heavy (non-hydrogen) atoms. The molecule has 0 heterocycles. The molecule has 0 fully saturated rings. The number of aryl methyl sites for hydroxylation is 1. The molecule has 0 N–H and O–H groups in total. The largest absolute Gasteiger partial charge is 0.469 e. The van der Waals surface area contributed by atoms with Crippen molar-refractivity contribution in [2.45, 2.75) is 27.2 Å². The number of hydrogen-bond acceptors (Lipinski definition) is 4. The average Bonchev–Trinajstić information content (AvgIpc) is 2.35. The van der Waals surface area contributed by atoms with Gasteiger partial charge in [-0.1, -0.05) is 6.07 Å². The zero-order valence-corrected chi connectivity index (χ0v) is 11.2. The monoisotopic (exact) mass is 250 g/mol. The molecule has 0 aliphatic rings. The maximum atomic E-state index is 11.8. The number of carbonyl (C=O) groups excluding carboxylic acids is 2. The van der Waals surface area contributed by atoms with Crippen molar-refractivity contribution in [3.8, 4) is 0 Å². The van der Waals surface area contributed by atoms with E-state index in [2.05, 4.69) is 4.74 Å². The van der Waals surface area contributed by atoms with Gasteiger partial charge in [0, 0.05) is 0 Å². The van der Waals surface area contributed by atoms with Crippen LogP contribution in [-0.4, -0.2) is 25.7 Å². The number of carbonyl (C=O) groups is 2. The number of rotatable bonds is 4. The maximum Gasteiger partial charge on any atom is 0.338 e. The summed E-state index contributed by atoms with van der Waals surface area (Å²) in [7, 11) is 1.33. The van der Waals surface area contributed by atoms with Crippen LogP contribution in [0.1, 0.15) is 34.0 Å². The molecule has 0 aliphatic carbocycles. The fourth-order valence-electron chi connectivity index (χ4n) is 1.72. The molecule has 0 saturated heterocycles. The normalized spacial score (nSPS) is 10.0. The number of ether oxygens (including phenoxy) is 2. The molecule has 4 heteroatoms. The van der Waals surface area contributed by atoms with E-state index in [4.69, 9.17) is 4.74 Å². The zero-order valence-electron chi connectivity index (χ0n) is 11.2. The molecule has 0 atom stereocenters. The topological polar surface area (TPSA) is 52.6 Å². The van der Waals surface area contributed by atoms with Crippen LogP contribution in [0.2, 0.25) is 0 Å². The first-order valence-corrected chi connectivity index (χ1v) is 5.84. The SMILES string of the molecule is CCOC(=O)c1ccc(C)c(C)c1CC(=O)OC. The minimum Gasteiger partial charge on any atom is -0.469 e. The Labute approximate surface area is 107 Å². The molecule has 0 saturated carbocycles. The summed E-state index contributed by atoms with van der Waals surface area (Å²) >= 11 is 0. The number of methoxy groups -OCH3 is 1. The molecular formula is C14H18O4. The van der Waals surface area contributed by atoms with Gasteiger partial charge in [0.2, 0.25) is 0 Å². The fourth-order valence-corrected chi connectivity index (χ4v) is 1.72. The van der Waals surface area contributed by atoms with Gasteiger partial charge in [0.05, 0.1) is 25.7 Å². The highest BCUT2D eigenvalue weighted by molar-refractivity contribution is 5.93. The summed E-state index contributed by atoms with van der Waals surface area (Å²) in [5.74, 6) is -0.770. The minimum atomic E-state index is -0.403. The van der Waals surface area contributed by atoms with Crippen molar-refractivity contribution < 1.29 is 19.1 Å². The Balaban J connectivity index is 3.20. The Hall–Kier alpha value is -1.84. The Bertz CT molecular complexity index is 463.